The zero-order chi connectivity index (χ0) is 7.68. The van der Waals surface area contributed by atoms with Crippen LogP contribution < -0.4 is 0 Å². The highest BCUT2D eigenvalue weighted by atomic mass is 32.1. The molecule has 2 rings (SSSR count). The zero-order valence-electron chi connectivity index (χ0n) is 6.08. The van der Waals surface area contributed by atoms with Crippen molar-refractivity contribution in [1.82, 2.24) is 4.98 Å². The van der Waals surface area contributed by atoms with Crippen LogP contribution in [0.2, 0.25) is 0 Å². The highest BCUT2D eigenvalue weighted by Crippen LogP contribution is 2.31. The van der Waals surface area contributed by atoms with E-state index in [0.29, 0.717) is 0 Å². The van der Waals surface area contributed by atoms with Gasteiger partial charge >= 0.3 is 0 Å². The molecule has 11 heavy (non-hydrogen) atoms. The maximum absolute atomic E-state index is 8.77. The van der Waals surface area contributed by atoms with E-state index in [4.69, 9.17) is 5.26 Å². The van der Waals surface area contributed by atoms with Gasteiger partial charge in [-0.05, 0) is 19.3 Å². The van der Waals surface area contributed by atoms with Gasteiger partial charge in [0.05, 0.1) is 23.2 Å². The highest BCUT2D eigenvalue weighted by Gasteiger charge is 2.21. The van der Waals surface area contributed by atoms with Crippen LogP contribution in [0, 0.1) is 11.3 Å². The van der Waals surface area contributed by atoms with Gasteiger partial charge in [0.25, 0.3) is 0 Å². The normalized spacial score (nSPS) is 22.3. The molecule has 0 aliphatic heterocycles. The number of nitriles is 1. The summed E-state index contributed by atoms with van der Waals surface area (Å²) < 4.78 is 0. The molecule has 0 fully saturated rings. The minimum absolute atomic E-state index is 0.0741. The van der Waals surface area contributed by atoms with E-state index in [1.54, 1.807) is 11.3 Å². The van der Waals surface area contributed by atoms with E-state index in [1.165, 1.54) is 4.88 Å². The van der Waals surface area contributed by atoms with E-state index in [2.05, 4.69) is 11.1 Å². The number of hydrogen-bond acceptors (Lipinski definition) is 3. The summed E-state index contributed by atoms with van der Waals surface area (Å²) in [7, 11) is 0. The van der Waals surface area contributed by atoms with Crippen molar-refractivity contribution in [3.8, 4) is 6.07 Å². The first-order valence-corrected chi connectivity index (χ1v) is 4.61. The number of aryl methyl sites for hydroxylation is 1. The van der Waals surface area contributed by atoms with Crippen molar-refractivity contribution in [3.05, 3.63) is 16.1 Å². The monoisotopic (exact) mass is 164 g/mol. The molecule has 1 atom stereocenters. The first-order valence-electron chi connectivity index (χ1n) is 3.73. The molecule has 1 aromatic rings. The van der Waals surface area contributed by atoms with Crippen molar-refractivity contribution in [2.45, 2.75) is 25.2 Å². The van der Waals surface area contributed by atoms with Crippen LogP contribution in [0.3, 0.4) is 0 Å². The topological polar surface area (TPSA) is 36.7 Å². The minimum Gasteiger partial charge on any atom is -0.248 e. The molecular formula is C8H8N2S. The molecule has 3 heteroatoms. The summed E-state index contributed by atoms with van der Waals surface area (Å²) in [6.45, 7) is 0. The fourth-order valence-corrected chi connectivity index (χ4v) is 2.35. The Morgan fingerprint density at radius 3 is 3.45 bits per heavy atom. The Labute approximate surface area is 69.5 Å². The van der Waals surface area contributed by atoms with Crippen LogP contribution in [0.5, 0.6) is 0 Å². The van der Waals surface area contributed by atoms with Crippen molar-refractivity contribution >= 4 is 11.3 Å². The quantitative estimate of drug-likeness (QED) is 0.588. The second kappa shape index (κ2) is 2.63. The second-order valence-corrected chi connectivity index (χ2v) is 3.67. The molecule has 0 N–H and O–H groups in total. The van der Waals surface area contributed by atoms with Crippen LogP contribution in [-0.4, -0.2) is 4.98 Å². The number of rotatable bonds is 0. The third-order valence-corrected chi connectivity index (χ3v) is 2.96. The van der Waals surface area contributed by atoms with Crippen LogP contribution >= 0.6 is 11.3 Å². The van der Waals surface area contributed by atoms with Gasteiger partial charge in [0.2, 0.25) is 0 Å². The summed E-state index contributed by atoms with van der Waals surface area (Å²) in [5.74, 6) is 0.0741. The fraction of sp³-hybridized carbons (Fsp3) is 0.500. The SMILES string of the molecule is N#CC1CCCc2scnc21. The average molecular weight is 164 g/mol. The third kappa shape index (κ3) is 1.04. The maximum atomic E-state index is 8.77. The van der Waals surface area contributed by atoms with Crippen molar-refractivity contribution < 1.29 is 0 Å². The molecule has 0 saturated heterocycles. The van der Waals surface area contributed by atoms with Crippen molar-refractivity contribution in [2.24, 2.45) is 0 Å². The molecule has 56 valence electrons. The van der Waals surface area contributed by atoms with Crippen molar-refractivity contribution in [3.63, 3.8) is 0 Å². The van der Waals surface area contributed by atoms with E-state index < -0.39 is 0 Å². The van der Waals surface area contributed by atoms with Crippen LogP contribution in [-0.2, 0) is 6.42 Å². The number of fused-ring (bicyclic) bond motifs is 1. The zero-order valence-corrected chi connectivity index (χ0v) is 6.90. The Balaban J connectivity index is 2.41. The van der Waals surface area contributed by atoms with Gasteiger partial charge in [-0.3, -0.25) is 0 Å². The number of nitrogens with zero attached hydrogens (tertiary/aromatic N) is 2. The Morgan fingerprint density at radius 2 is 2.64 bits per heavy atom. The van der Waals surface area contributed by atoms with Crippen molar-refractivity contribution in [2.75, 3.05) is 0 Å². The molecule has 1 heterocycles. The Morgan fingerprint density at radius 1 is 1.73 bits per heavy atom. The predicted molar refractivity (Wildman–Crippen MR) is 43.4 cm³/mol. The smallest absolute Gasteiger partial charge is 0.0896 e. The molecule has 2 nitrogen and oxygen atoms in total. The first kappa shape index (κ1) is 6.81. The van der Waals surface area contributed by atoms with Crippen LogP contribution in [0.1, 0.15) is 29.3 Å². The van der Waals surface area contributed by atoms with Gasteiger partial charge in [0, 0.05) is 4.88 Å². The molecule has 0 amide bonds. The number of hydrogen-bond donors (Lipinski definition) is 0. The van der Waals surface area contributed by atoms with E-state index in [0.717, 1.165) is 25.0 Å². The minimum atomic E-state index is 0.0741. The summed E-state index contributed by atoms with van der Waals surface area (Å²) in [5, 5.41) is 8.77. The third-order valence-electron chi connectivity index (χ3n) is 2.05. The average Bonchev–Trinajstić information content (AvgIpc) is 2.50. The molecule has 0 aromatic carbocycles. The lowest BCUT2D eigenvalue weighted by atomic mass is 9.92. The van der Waals surface area contributed by atoms with Gasteiger partial charge in [0.1, 0.15) is 0 Å². The number of aromatic nitrogens is 1. The van der Waals surface area contributed by atoms with Crippen LogP contribution in [0.15, 0.2) is 5.51 Å². The van der Waals surface area contributed by atoms with Crippen LogP contribution in [0.4, 0.5) is 0 Å². The number of thiazole rings is 1. The van der Waals surface area contributed by atoms with Gasteiger partial charge in [-0.2, -0.15) is 5.26 Å². The summed E-state index contributed by atoms with van der Waals surface area (Å²) >= 11 is 1.68. The molecule has 1 aliphatic carbocycles. The molecule has 0 saturated carbocycles. The Hall–Kier alpha value is -0.880. The van der Waals surface area contributed by atoms with Gasteiger partial charge in [-0.25, -0.2) is 4.98 Å². The summed E-state index contributed by atoms with van der Waals surface area (Å²) in [5.41, 5.74) is 2.89. The highest BCUT2D eigenvalue weighted by molar-refractivity contribution is 7.09. The van der Waals surface area contributed by atoms with Crippen LogP contribution in [0.25, 0.3) is 0 Å². The van der Waals surface area contributed by atoms with Gasteiger partial charge in [0.15, 0.2) is 0 Å². The maximum Gasteiger partial charge on any atom is 0.0896 e. The first-order chi connectivity index (χ1) is 5.42. The van der Waals surface area contributed by atoms with E-state index in [-0.39, 0.29) is 5.92 Å². The van der Waals surface area contributed by atoms with Crippen molar-refractivity contribution in [1.29, 1.82) is 5.26 Å². The molecule has 1 aromatic heterocycles. The second-order valence-electron chi connectivity index (χ2n) is 2.73. The molecule has 0 spiro atoms. The van der Waals surface area contributed by atoms with E-state index in [9.17, 15) is 0 Å². The van der Waals surface area contributed by atoms with E-state index in [1.807, 2.05) is 5.51 Å². The standard InChI is InChI=1S/C8H8N2S/c9-4-6-2-1-3-7-8(6)10-5-11-7/h5-6H,1-3H2. The lowest BCUT2D eigenvalue weighted by Gasteiger charge is -2.13. The Bertz CT molecular complexity index is 297. The molecule has 0 radical (unpaired) electrons. The molecule has 1 aliphatic rings. The predicted octanol–water partition coefficient (Wildman–Crippen LogP) is 2.09. The summed E-state index contributed by atoms with van der Waals surface area (Å²) in [6, 6.07) is 2.29. The Kier molecular flexibility index (Phi) is 1.63. The largest absolute Gasteiger partial charge is 0.248 e. The molecule has 1 unspecified atom stereocenters. The van der Waals surface area contributed by atoms with Gasteiger partial charge in [-0.15, -0.1) is 11.3 Å². The molecular weight excluding hydrogens is 156 g/mol. The molecule has 0 bridgehead atoms. The van der Waals surface area contributed by atoms with Gasteiger partial charge < -0.3 is 0 Å². The summed E-state index contributed by atoms with van der Waals surface area (Å²) in [4.78, 5) is 5.53. The lowest BCUT2D eigenvalue weighted by molar-refractivity contribution is 0.631. The fourth-order valence-electron chi connectivity index (χ4n) is 1.48. The summed E-state index contributed by atoms with van der Waals surface area (Å²) in [6.07, 6.45) is 3.26. The lowest BCUT2D eigenvalue weighted by Crippen LogP contribution is -2.05. The van der Waals surface area contributed by atoms with E-state index >= 15 is 0 Å². The van der Waals surface area contributed by atoms with Gasteiger partial charge in [-0.1, -0.05) is 0 Å².